The molecule has 3 rings (SSSR count). The van der Waals surface area contributed by atoms with Crippen molar-refractivity contribution in [1.82, 2.24) is 0 Å². The van der Waals surface area contributed by atoms with Gasteiger partial charge in [0, 0.05) is 10.9 Å². The largest absolute Gasteiger partial charge is 0.478 e. The Morgan fingerprint density at radius 2 is 1.79 bits per heavy atom. The SMILES string of the molecule is Cc1ccc(-c2cc3ccc(C(=O)O)cc3o2)cc1. The number of benzene rings is 2. The molecule has 3 nitrogen and oxygen atoms in total. The number of carbonyl (C=O) groups is 1. The molecule has 94 valence electrons. The number of fused-ring (bicyclic) bond motifs is 1. The van der Waals surface area contributed by atoms with Gasteiger partial charge in [0.1, 0.15) is 11.3 Å². The summed E-state index contributed by atoms with van der Waals surface area (Å²) in [5.74, 6) is -0.201. The maximum absolute atomic E-state index is 10.9. The van der Waals surface area contributed by atoms with Crippen LogP contribution in [0.25, 0.3) is 22.3 Å². The van der Waals surface area contributed by atoms with Crippen LogP contribution in [0.4, 0.5) is 0 Å². The highest BCUT2D eigenvalue weighted by Crippen LogP contribution is 2.28. The summed E-state index contributed by atoms with van der Waals surface area (Å²) in [6, 6.07) is 14.8. The van der Waals surface area contributed by atoms with Crippen LogP contribution in [0.1, 0.15) is 15.9 Å². The Labute approximate surface area is 110 Å². The second kappa shape index (κ2) is 4.28. The molecule has 1 heterocycles. The number of hydrogen-bond donors (Lipinski definition) is 1. The minimum Gasteiger partial charge on any atom is -0.478 e. The molecule has 0 aliphatic heterocycles. The first-order chi connectivity index (χ1) is 9.13. The molecule has 0 unspecified atom stereocenters. The fraction of sp³-hybridized carbons (Fsp3) is 0.0625. The Morgan fingerprint density at radius 3 is 2.47 bits per heavy atom. The van der Waals surface area contributed by atoms with Crippen molar-refractivity contribution in [2.24, 2.45) is 0 Å². The molecular formula is C16H12O3. The van der Waals surface area contributed by atoms with Gasteiger partial charge in [-0.25, -0.2) is 4.79 Å². The summed E-state index contributed by atoms with van der Waals surface area (Å²) < 4.78 is 5.72. The average Bonchev–Trinajstić information content (AvgIpc) is 2.82. The summed E-state index contributed by atoms with van der Waals surface area (Å²) in [5, 5.41) is 9.86. The average molecular weight is 252 g/mol. The summed E-state index contributed by atoms with van der Waals surface area (Å²) in [6.07, 6.45) is 0. The zero-order valence-electron chi connectivity index (χ0n) is 10.4. The molecule has 0 spiro atoms. The van der Waals surface area contributed by atoms with Crippen LogP contribution in [-0.4, -0.2) is 11.1 Å². The predicted octanol–water partition coefficient (Wildman–Crippen LogP) is 4.11. The molecule has 0 bridgehead atoms. The summed E-state index contributed by atoms with van der Waals surface area (Å²) in [7, 11) is 0. The van der Waals surface area contributed by atoms with Crippen molar-refractivity contribution in [3.63, 3.8) is 0 Å². The fourth-order valence-electron chi connectivity index (χ4n) is 2.02. The van der Waals surface area contributed by atoms with Crippen molar-refractivity contribution >= 4 is 16.9 Å². The number of rotatable bonds is 2. The van der Waals surface area contributed by atoms with E-state index in [2.05, 4.69) is 0 Å². The van der Waals surface area contributed by atoms with Crippen LogP contribution in [0.15, 0.2) is 52.9 Å². The van der Waals surface area contributed by atoms with Gasteiger partial charge in [-0.2, -0.15) is 0 Å². The minimum atomic E-state index is -0.949. The lowest BCUT2D eigenvalue weighted by molar-refractivity contribution is 0.0697. The Hall–Kier alpha value is -2.55. The van der Waals surface area contributed by atoms with Gasteiger partial charge >= 0.3 is 5.97 Å². The molecule has 0 aliphatic carbocycles. The molecule has 3 aromatic rings. The second-order valence-electron chi connectivity index (χ2n) is 4.53. The van der Waals surface area contributed by atoms with Gasteiger partial charge in [0.25, 0.3) is 0 Å². The van der Waals surface area contributed by atoms with Gasteiger partial charge in [0.15, 0.2) is 0 Å². The fourth-order valence-corrected chi connectivity index (χ4v) is 2.02. The molecule has 0 atom stereocenters. The molecule has 2 aromatic carbocycles. The first kappa shape index (κ1) is 11.5. The van der Waals surface area contributed by atoms with E-state index in [1.165, 1.54) is 5.56 Å². The Kier molecular flexibility index (Phi) is 2.60. The smallest absolute Gasteiger partial charge is 0.335 e. The van der Waals surface area contributed by atoms with Crippen LogP contribution in [-0.2, 0) is 0 Å². The van der Waals surface area contributed by atoms with Crippen molar-refractivity contribution < 1.29 is 14.3 Å². The molecule has 1 aromatic heterocycles. The van der Waals surface area contributed by atoms with E-state index in [1.807, 2.05) is 37.3 Å². The highest BCUT2D eigenvalue weighted by molar-refractivity contribution is 5.93. The highest BCUT2D eigenvalue weighted by Gasteiger charge is 2.09. The summed E-state index contributed by atoms with van der Waals surface area (Å²) in [5.41, 5.74) is 3.00. The van der Waals surface area contributed by atoms with Crippen molar-refractivity contribution in [3.8, 4) is 11.3 Å². The number of furan rings is 1. The molecule has 1 N–H and O–H groups in total. The van der Waals surface area contributed by atoms with Gasteiger partial charge in [-0.1, -0.05) is 35.9 Å². The number of hydrogen-bond acceptors (Lipinski definition) is 2. The first-order valence-corrected chi connectivity index (χ1v) is 5.97. The Balaban J connectivity index is 2.11. The van der Waals surface area contributed by atoms with Crippen LogP contribution in [0.5, 0.6) is 0 Å². The molecule has 0 amide bonds. The van der Waals surface area contributed by atoms with Crippen LogP contribution in [0, 0.1) is 6.92 Å². The zero-order valence-corrected chi connectivity index (χ0v) is 10.4. The van der Waals surface area contributed by atoms with Crippen LogP contribution < -0.4 is 0 Å². The summed E-state index contributed by atoms with van der Waals surface area (Å²) >= 11 is 0. The first-order valence-electron chi connectivity index (χ1n) is 5.97. The van der Waals surface area contributed by atoms with E-state index in [0.29, 0.717) is 5.58 Å². The third kappa shape index (κ3) is 2.10. The van der Waals surface area contributed by atoms with Gasteiger partial charge < -0.3 is 9.52 Å². The van der Waals surface area contributed by atoms with Crippen LogP contribution in [0.3, 0.4) is 0 Å². The quantitative estimate of drug-likeness (QED) is 0.746. The molecule has 3 heteroatoms. The Morgan fingerprint density at radius 1 is 1.05 bits per heavy atom. The summed E-state index contributed by atoms with van der Waals surface area (Å²) in [6.45, 7) is 2.03. The van der Waals surface area contributed by atoms with Crippen LogP contribution >= 0.6 is 0 Å². The van der Waals surface area contributed by atoms with E-state index in [0.717, 1.165) is 16.7 Å². The third-order valence-electron chi connectivity index (χ3n) is 3.10. The number of carboxylic acid groups (broad SMARTS) is 1. The molecule has 19 heavy (non-hydrogen) atoms. The lowest BCUT2D eigenvalue weighted by Gasteiger charge is -1.96. The lowest BCUT2D eigenvalue weighted by atomic mass is 10.1. The van der Waals surface area contributed by atoms with E-state index in [1.54, 1.807) is 18.2 Å². The molecular weight excluding hydrogens is 240 g/mol. The summed E-state index contributed by atoms with van der Waals surface area (Å²) in [4.78, 5) is 10.9. The van der Waals surface area contributed by atoms with E-state index < -0.39 is 5.97 Å². The number of carboxylic acids is 1. The molecule has 0 saturated heterocycles. The number of aromatic carboxylic acids is 1. The van der Waals surface area contributed by atoms with E-state index in [9.17, 15) is 4.79 Å². The molecule has 0 radical (unpaired) electrons. The van der Waals surface area contributed by atoms with Gasteiger partial charge in [-0.05, 0) is 25.1 Å². The van der Waals surface area contributed by atoms with E-state index >= 15 is 0 Å². The normalized spacial score (nSPS) is 10.8. The molecule has 0 fully saturated rings. The molecule has 0 saturated carbocycles. The lowest BCUT2D eigenvalue weighted by Crippen LogP contribution is -1.94. The second-order valence-corrected chi connectivity index (χ2v) is 4.53. The highest BCUT2D eigenvalue weighted by atomic mass is 16.4. The monoisotopic (exact) mass is 252 g/mol. The maximum Gasteiger partial charge on any atom is 0.335 e. The van der Waals surface area contributed by atoms with Crippen molar-refractivity contribution in [1.29, 1.82) is 0 Å². The van der Waals surface area contributed by atoms with Gasteiger partial charge in [-0.3, -0.25) is 0 Å². The minimum absolute atomic E-state index is 0.234. The van der Waals surface area contributed by atoms with Crippen LogP contribution in [0.2, 0.25) is 0 Å². The third-order valence-corrected chi connectivity index (χ3v) is 3.10. The maximum atomic E-state index is 10.9. The zero-order chi connectivity index (χ0) is 13.4. The van der Waals surface area contributed by atoms with Gasteiger partial charge in [0.05, 0.1) is 5.56 Å². The molecule has 0 aliphatic rings. The van der Waals surface area contributed by atoms with Gasteiger partial charge in [0.2, 0.25) is 0 Å². The van der Waals surface area contributed by atoms with Crippen molar-refractivity contribution in [2.75, 3.05) is 0 Å². The van der Waals surface area contributed by atoms with Gasteiger partial charge in [-0.15, -0.1) is 0 Å². The van der Waals surface area contributed by atoms with E-state index in [-0.39, 0.29) is 5.56 Å². The predicted molar refractivity (Wildman–Crippen MR) is 73.3 cm³/mol. The van der Waals surface area contributed by atoms with Crippen molar-refractivity contribution in [2.45, 2.75) is 6.92 Å². The number of aryl methyl sites for hydroxylation is 1. The topological polar surface area (TPSA) is 50.4 Å². The van der Waals surface area contributed by atoms with E-state index in [4.69, 9.17) is 9.52 Å². The van der Waals surface area contributed by atoms with Crippen molar-refractivity contribution in [3.05, 3.63) is 59.7 Å². The standard InChI is InChI=1S/C16H12O3/c1-10-2-4-11(5-3-10)14-8-12-6-7-13(16(17)18)9-15(12)19-14/h2-9H,1H3,(H,17,18). The Bertz CT molecular complexity index is 751.